The van der Waals surface area contributed by atoms with Crippen LogP contribution in [0, 0.1) is 6.92 Å². The van der Waals surface area contributed by atoms with Crippen LogP contribution in [0.1, 0.15) is 35.6 Å². The van der Waals surface area contributed by atoms with Crippen LogP contribution < -0.4 is 0 Å². The number of benzene rings is 4. The Morgan fingerprint density at radius 1 is 0.742 bits per heavy atom. The van der Waals surface area contributed by atoms with E-state index in [4.69, 9.17) is 46.8 Å². The van der Waals surface area contributed by atoms with E-state index < -0.39 is 83.6 Å². The number of carbonyl (C=O) groups excluding carboxylic acids is 1. The maximum Gasteiger partial charge on any atom is 0.303 e. The molecule has 0 unspecified atom stereocenters. The Bertz CT molecular complexity index is 2090. The van der Waals surface area contributed by atoms with E-state index in [0.29, 0.717) is 0 Å². The van der Waals surface area contributed by atoms with Crippen molar-refractivity contribution in [1.82, 2.24) is 0 Å². The molecule has 6 rings (SSSR count). The molecule has 2 aliphatic rings. The lowest BCUT2D eigenvalue weighted by atomic mass is 9.84. The van der Waals surface area contributed by atoms with Crippen LogP contribution in [0.5, 0.6) is 0 Å². The van der Waals surface area contributed by atoms with E-state index in [1.54, 1.807) is 12.1 Å². The molecule has 4 aromatic carbocycles. The number of hydrogen-bond acceptors (Lipinski definition) is 14. The van der Waals surface area contributed by atoms with Crippen LogP contribution in [0.25, 0.3) is 0 Å². The Kier molecular flexibility index (Phi) is 17.0. The molecule has 10 atom stereocenters. The zero-order chi connectivity index (χ0) is 44.1. The fraction of sp³-hybridized carbons (Fsp3) is 0.426. The minimum Gasteiger partial charge on any atom is -0.454 e. The van der Waals surface area contributed by atoms with Gasteiger partial charge in [-0.15, -0.1) is 6.58 Å². The summed E-state index contributed by atoms with van der Waals surface area (Å²) in [4.78, 5) is 12.7. The van der Waals surface area contributed by atoms with Gasteiger partial charge in [0.1, 0.15) is 42.2 Å². The molecule has 62 heavy (non-hydrogen) atoms. The number of aryl methyl sites for hydroxylation is 1. The van der Waals surface area contributed by atoms with Crippen molar-refractivity contribution in [3.8, 4) is 0 Å². The lowest BCUT2D eigenvalue weighted by molar-refractivity contribution is -0.376. The molecule has 1 N–H and O–H groups in total. The number of aliphatic hydroxyl groups is 1. The van der Waals surface area contributed by atoms with Gasteiger partial charge < -0.3 is 47.7 Å². The zero-order valence-corrected chi connectivity index (χ0v) is 36.2. The van der Waals surface area contributed by atoms with Gasteiger partial charge in [-0.3, -0.25) is 8.98 Å². The van der Waals surface area contributed by atoms with E-state index in [9.17, 15) is 18.3 Å². The monoisotopic (exact) mass is 876 g/mol. The minimum atomic E-state index is -4.20. The second-order valence-electron chi connectivity index (χ2n) is 15.1. The summed E-state index contributed by atoms with van der Waals surface area (Å²) in [6, 6.07) is 35.0. The summed E-state index contributed by atoms with van der Waals surface area (Å²) in [6.07, 6.45) is -9.36. The van der Waals surface area contributed by atoms with Crippen LogP contribution in [0.15, 0.2) is 133 Å². The molecule has 4 aromatic rings. The summed E-state index contributed by atoms with van der Waals surface area (Å²) in [6.45, 7) is 7.10. The highest BCUT2D eigenvalue weighted by Crippen LogP contribution is 2.40. The zero-order valence-electron chi connectivity index (χ0n) is 35.4. The molecule has 15 heteroatoms. The molecule has 2 aliphatic heterocycles. The number of hydrogen-bond donors (Lipinski definition) is 1. The van der Waals surface area contributed by atoms with Crippen LogP contribution in [0.4, 0.5) is 0 Å². The van der Waals surface area contributed by atoms with Gasteiger partial charge in [-0.05, 0) is 35.7 Å². The van der Waals surface area contributed by atoms with Crippen molar-refractivity contribution in [1.29, 1.82) is 0 Å². The van der Waals surface area contributed by atoms with Gasteiger partial charge in [0.2, 0.25) is 0 Å². The minimum absolute atomic E-state index is 0.0192. The van der Waals surface area contributed by atoms with Crippen LogP contribution >= 0.6 is 0 Å². The highest BCUT2D eigenvalue weighted by Gasteiger charge is 2.58. The predicted molar refractivity (Wildman–Crippen MR) is 226 cm³/mol. The molecule has 0 aromatic heterocycles. The molecule has 2 saturated heterocycles. The molecular weight excluding hydrogens is 821 g/mol. The van der Waals surface area contributed by atoms with Gasteiger partial charge in [-0.2, -0.15) is 8.42 Å². The van der Waals surface area contributed by atoms with E-state index >= 15 is 0 Å². The third kappa shape index (κ3) is 12.0. The van der Waals surface area contributed by atoms with Crippen LogP contribution in [-0.2, 0) is 81.5 Å². The smallest absolute Gasteiger partial charge is 0.303 e. The normalized spacial score (nSPS) is 27.7. The first-order valence-electron chi connectivity index (χ1n) is 20.4. The standard InChI is InChI=1S/C47H56O14S/c1-6-47(26-27-57-62(50,51)37-24-22-32(2)23-25-37)44(49)41(52-4)43(58-33(3)48)46(61-47)60-39-38(31-54-28-34-16-10-7-11-17-34)59-45(53-5)42(56-30-36-20-14-9-15-21-36)40(39)55-29-35-18-12-8-13-19-35/h6-25,38-46,49H,1,26-31H2,2-5H3/t38-,39-,40+,41-,42-,43+,44+,45+,46-,47-/m1/s1. The Balaban J connectivity index is 1.36. The fourth-order valence-electron chi connectivity index (χ4n) is 7.50. The fourth-order valence-corrected chi connectivity index (χ4v) is 8.41. The van der Waals surface area contributed by atoms with E-state index in [-0.39, 0.29) is 37.7 Å². The number of rotatable bonds is 21. The van der Waals surface area contributed by atoms with Gasteiger partial charge in [-0.1, -0.05) is 115 Å². The highest BCUT2D eigenvalue weighted by molar-refractivity contribution is 7.86. The SMILES string of the molecule is C=C[C@]1(CCOS(=O)(=O)c2ccc(C)cc2)O[C@@H](O[C@H]2[C@H](OCc3ccccc3)[C@@H](OCc3ccccc3)[C@@H](OC)O[C@@H]2COCc2ccccc2)[C@@H](OC(C)=O)[C@@H](OC)[C@@H]1O. The summed E-state index contributed by atoms with van der Waals surface area (Å²) >= 11 is 0. The van der Waals surface area contributed by atoms with Gasteiger partial charge in [0.05, 0.1) is 37.9 Å². The van der Waals surface area contributed by atoms with Gasteiger partial charge in [0, 0.05) is 27.6 Å². The first kappa shape index (κ1) is 47.1. The Labute approximate surface area is 363 Å². The number of esters is 1. The maximum atomic E-state index is 13.2. The Morgan fingerprint density at radius 2 is 1.31 bits per heavy atom. The number of aliphatic hydroxyl groups excluding tert-OH is 1. The highest BCUT2D eigenvalue weighted by atomic mass is 32.2. The summed E-state index contributed by atoms with van der Waals surface area (Å²) in [5.41, 5.74) is 1.80. The van der Waals surface area contributed by atoms with Crippen molar-refractivity contribution in [2.45, 2.75) is 106 Å². The second-order valence-corrected chi connectivity index (χ2v) is 16.7. The first-order valence-corrected chi connectivity index (χ1v) is 21.8. The van der Waals surface area contributed by atoms with E-state index in [1.165, 1.54) is 39.4 Å². The molecule has 0 bridgehead atoms. The molecule has 14 nitrogen and oxygen atoms in total. The largest absolute Gasteiger partial charge is 0.454 e. The third-order valence-electron chi connectivity index (χ3n) is 10.8. The Hall–Kier alpha value is -4.36. The van der Waals surface area contributed by atoms with Crippen molar-refractivity contribution in [2.24, 2.45) is 0 Å². The Morgan fingerprint density at radius 3 is 1.84 bits per heavy atom. The summed E-state index contributed by atoms with van der Waals surface area (Å²) in [5.74, 6) is -0.705. The lowest BCUT2D eigenvalue weighted by Crippen LogP contribution is -2.68. The molecule has 0 saturated carbocycles. The van der Waals surface area contributed by atoms with Crippen molar-refractivity contribution >= 4 is 16.1 Å². The molecule has 0 spiro atoms. The molecule has 0 amide bonds. The van der Waals surface area contributed by atoms with Crippen molar-refractivity contribution in [2.75, 3.05) is 27.4 Å². The molecule has 0 aliphatic carbocycles. The molecule has 334 valence electrons. The average molecular weight is 877 g/mol. The number of carbonyl (C=O) groups is 1. The van der Waals surface area contributed by atoms with Crippen molar-refractivity contribution in [3.05, 3.63) is 150 Å². The lowest BCUT2D eigenvalue weighted by Gasteiger charge is -2.52. The number of ether oxygens (including phenoxy) is 9. The second kappa shape index (κ2) is 22.3. The van der Waals surface area contributed by atoms with Gasteiger partial charge in [-0.25, -0.2) is 0 Å². The maximum absolute atomic E-state index is 13.2. The van der Waals surface area contributed by atoms with Crippen LogP contribution in [-0.4, -0.2) is 108 Å². The third-order valence-corrected chi connectivity index (χ3v) is 12.1. The quantitative estimate of drug-likeness (QED) is 0.0605. The first-order chi connectivity index (χ1) is 30.0. The van der Waals surface area contributed by atoms with E-state index in [2.05, 4.69) is 6.58 Å². The molecule has 2 heterocycles. The molecule has 2 fully saturated rings. The van der Waals surface area contributed by atoms with Crippen LogP contribution in [0.3, 0.4) is 0 Å². The summed E-state index contributed by atoms with van der Waals surface area (Å²) in [5, 5.41) is 11.9. The average Bonchev–Trinajstić information content (AvgIpc) is 3.28. The van der Waals surface area contributed by atoms with Gasteiger partial charge in [0.25, 0.3) is 10.1 Å². The molecule has 0 radical (unpaired) electrons. The summed E-state index contributed by atoms with van der Waals surface area (Å²) in [7, 11) is -1.36. The summed E-state index contributed by atoms with van der Waals surface area (Å²) < 4.78 is 89.1. The molecular formula is C47H56O14S. The van der Waals surface area contributed by atoms with Crippen molar-refractivity contribution in [3.63, 3.8) is 0 Å². The van der Waals surface area contributed by atoms with Crippen molar-refractivity contribution < 1.29 is 65.1 Å². The number of methoxy groups -OCH3 is 2. The van der Waals surface area contributed by atoms with Gasteiger partial charge >= 0.3 is 5.97 Å². The topological polar surface area (TPSA) is 164 Å². The van der Waals surface area contributed by atoms with E-state index in [0.717, 1.165) is 22.3 Å². The van der Waals surface area contributed by atoms with E-state index in [1.807, 2.05) is 97.9 Å². The van der Waals surface area contributed by atoms with Crippen LogP contribution in [0.2, 0.25) is 0 Å². The van der Waals surface area contributed by atoms with Gasteiger partial charge in [0.15, 0.2) is 18.7 Å². The predicted octanol–water partition coefficient (Wildman–Crippen LogP) is 5.82.